The second-order valence-electron chi connectivity index (χ2n) is 4.38. The number of esters is 1. The van der Waals surface area contributed by atoms with E-state index in [1.807, 2.05) is 0 Å². The molecule has 0 N–H and O–H groups in total. The van der Waals surface area contributed by atoms with Crippen LogP contribution in [0.3, 0.4) is 0 Å². The van der Waals surface area contributed by atoms with Gasteiger partial charge in [-0.3, -0.25) is 0 Å². The van der Waals surface area contributed by atoms with Gasteiger partial charge in [-0.2, -0.15) is 0 Å². The molecule has 0 amide bonds. The van der Waals surface area contributed by atoms with E-state index >= 15 is 0 Å². The zero-order valence-electron chi connectivity index (χ0n) is 8.02. The van der Waals surface area contributed by atoms with Crippen LogP contribution in [0.2, 0.25) is 25.7 Å². The summed E-state index contributed by atoms with van der Waals surface area (Å²) in [6, 6.07) is 1.08. The molecule has 0 radical (unpaired) electrons. The average Bonchev–Trinajstić information content (AvgIpc) is 2.29. The van der Waals surface area contributed by atoms with Crippen LogP contribution < -0.4 is 0 Å². The van der Waals surface area contributed by atoms with Gasteiger partial charge in [-0.25, -0.2) is 4.79 Å². The van der Waals surface area contributed by atoms with Crippen molar-refractivity contribution in [2.24, 2.45) is 0 Å². The highest BCUT2D eigenvalue weighted by atomic mass is 28.3. The molecule has 2 nitrogen and oxygen atoms in total. The number of hydrogen-bond acceptors (Lipinski definition) is 2. The molecule has 0 spiro atoms. The lowest BCUT2D eigenvalue weighted by Crippen LogP contribution is -2.17. The first kappa shape index (κ1) is 9.51. The van der Waals surface area contributed by atoms with E-state index in [-0.39, 0.29) is 5.97 Å². The van der Waals surface area contributed by atoms with Crippen LogP contribution in [-0.2, 0) is 9.53 Å². The molecule has 0 aromatic heterocycles. The number of cyclic esters (lactones) is 1. The molecule has 0 aromatic rings. The van der Waals surface area contributed by atoms with E-state index in [1.54, 1.807) is 0 Å². The minimum absolute atomic E-state index is 0.103. The van der Waals surface area contributed by atoms with Gasteiger partial charge in [-0.15, -0.1) is 0 Å². The standard InChI is InChI=1S/C9H16O2Si/c1-12(2,3)7-5-8-4-6-11-9(8)10/h5H,4,6-7H2,1-3H3/b8-5+. The maximum absolute atomic E-state index is 11.0. The van der Waals surface area contributed by atoms with Crippen molar-refractivity contribution >= 4 is 14.0 Å². The average molecular weight is 184 g/mol. The highest BCUT2D eigenvalue weighted by Gasteiger charge is 2.19. The number of carbonyl (C=O) groups excluding carboxylic acids is 1. The fourth-order valence-corrected chi connectivity index (χ4v) is 1.92. The van der Waals surface area contributed by atoms with Gasteiger partial charge in [-0.1, -0.05) is 25.7 Å². The van der Waals surface area contributed by atoms with Crippen molar-refractivity contribution in [1.29, 1.82) is 0 Å². The van der Waals surface area contributed by atoms with Crippen LogP contribution in [-0.4, -0.2) is 20.7 Å². The van der Waals surface area contributed by atoms with Crippen molar-refractivity contribution in [1.82, 2.24) is 0 Å². The lowest BCUT2D eigenvalue weighted by atomic mass is 10.2. The molecule has 0 aliphatic carbocycles. The molecule has 1 fully saturated rings. The second-order valence-corrected chi connectivity index (χ2v) is 9.91. The van der Waals surface area contributed by atoms with Gasteiger partial charge in [0.15, 0.2) is 0 Å². The molecular weight excluding hydrogens is 168 g/mol. The Morgan fingerprint density at radius 1 is 1.50 bits per heavy atom. The van der Waals surface area contributed by atoms with Gasteiger partial charge >= 0.3 is 5.97 Å². The van der Waals surface area contributed by atoms with Gasteiger partial charge in [0.05, 0.1) is 6.61 Å². The number of carbonyl (C=O) groups is 1. The molecular formula is C9H16O2Si. The SMILES string of the molecule is C[Si](C)(C)C/C=C1\CCOC1=O. The highest BCUT2D eigenvalue weighted by molar-refractivity contribution is 6.76. The zero-order chi connectivity index (χ0) is 9.19. The Morgan fingerprint density at radius 3 is 2.58 bits per heavy atom. The Hall–Kier alpha value is -0.573. The number of hydrogen-bond donors (Lipinski definition) is 0. The lowest BCUT2D eigenvalue weighted by molar-refractivity contribution is -0.135. The summed E-state index contributed by atoms with van der Waals surface area (Å²) in [4.78, 5) is 11.0. The minimum Gasteiger partial charge on any atom is -0.462 e. The number of allylic oxidation sites excluding steroid dienone is 1. The van der Waals surface area contributed by atoms with Crippen LogP contribution in [0, 0.1) is 0 Å². The first-order valence-corrected chi connectivity index (χ1v) is 8.06. The summed E-state index contributed by atoms with van der Waals surface area (Å²) in [6.45, 7) is 7.47. The molecule has 0 aromatic carbocycles. The molecule has 3 heteroatoms. The molecule has 68 valence electrons. The Labute approximate surface area is 74.6 Å². The van der Waals surface area contributed by atoms with Gasteiger partial charge in [0.2, 0.25) is 0 Å². The van der Waals surface area contributed by atoms with E-state index in [1.165, 1.54) is 0 Å². The van der Waals surface area contributed by atoms with Gasteiger partial charge in [0.1, 0.15) is 0 Å². The third kappa shape index (κ3) is 2.81. The highest BCUT2D eigenvalue weighted by Crippen LogP contribution is 2.17. The molecule has 1 heterocycles. The molecule has 0 bridgehead atoms. The normalized spacial score (nSPS) is 21.6. The number of ether oxygens (including phenoxy) is 1. The quantitative estimate of drug-likeness (QED) is 0.373. The van der Waals surface area contributed by atoms with Crippen molar-refractivity contribution in [3.8, 4) is 0 Å². The van der Waals surface area contributed by atoms with Crippen molar-refractivity contribution in [2.75, 3.05) is 6.61 Å². The summed E-state index contributed by atoms with van der Waals surface area (Å²) in [5.41, 5.74) is 0.887. The molecule has 1 rings (SSSR count). The van der Waals surface area contributed by atoms with E-state index in [2.05, 4.69) is 25.7 Å². The first-order chi connectivity index (χ1) is 5.49. The van der Waals surface area contributed by atoms with Crippen molar-refractivity contribution in [3.63, 3.8) is 0 Å². The Kier molecular flexibility index (Phi) is 2.72. The third-order valence-electron chi connectivity index (χ3n) is 1.83. The van der Waals surface area contributed by atoms with Gasteiger partial charge < -0.3 is 4.74 Å². The van der Waals surface area contributed by atoms with Crippen LogP contribution in [0.4, 0.5) is 0 Å². The lowest BCUT2D eigenvalue weighted by Gasteiger charge is -2.11. The molecule has 1 aliphatic rings. The van der Waals surface area contributed by atoms with E-state index in [4.69, 9.17) is 4.74 Å². The first-order valence-electron chi connectivity index (χ1n) is 4.35. The smallest absolute Gasteiger partial charge is 0.333 e. The van der Waals surface area contributed by atoms with E-state index in [0.29, 0.717) is 6.61 Å². The van der Waals surface area contributed by atoms with E-state index in [0.717, 1.165) is 18.0 Å². The molecule has 0 saturated carbocycles. The van der Waals surface area contributed by atoms with Crippen molar-refractivity contribution in [2.45, 2.75) is 32.1 Å². The fraction of sp³-hybridized carbons (Fsp3) is 0.667. The summed E-state index contributed by atoms with van der Waals surface area (Å²) in [7, 11) is -1.04. The fourth-order valence-electron chi connectivity index (χ4n) is 1.06. The number of rotatable bonds is 2. The summed E-state index contributed by atoms with van der Waals surface area (Å²) in [5, 5.41) is 0. The molecule has 1 aliphatic heterocycles. The van der Waals surface area contributed by atoms with Gasteiger partial charge in [0, 0.05) is 20.1 Å². The van der Waals surface area contributed by atoms with Crippen molar-refractivity contribution < 1.29 is 9.53 Å². The van der Waals surface area contributed by atoms with Crippen LogP contribution in [0.5, 0.6) is 0 Å². The van der Waals surface area contributed by atoms with Crippen LogP contribution in [0.1, 0.15) is 6.42 Å². The Bertz CT molecular complexity index is 213. The minimum atomic E-state index is -1.04. The summed E-state index contributed by atoms with van der Waals surface area (Å²) in [6.07, 6.45) is 2.88. The molecule has 0 unspecified atom stereocenters. The largest absolute Gasteiger partial charge is 0.462 e. The van der Waals surface area contributed by atoms with Gasteiger partial charge in [-0.05, 0) is 6.04 Å². The van der Waals surface area contributed by atoms with E-state index < -0.39 is 8.07 Å². The molecule has 12 heavy (non-hydrogen) atoms. The maximum atomic E-state index is 11.0. The Balaban J connectivity index is 2.52. The van der Waals surface area contributed by atoms with Crippen molar-refractivity contribution in [3.05, 3.63) is 11.6 Å². The van der Waals surface area contributed by atoms with Gasteiger partial charge in [0.25, 0.3) is 0 Å². The predicted molar refractivity (Wildman–Crippen MR) is 51.8 cm³/mol. The third-order valence-corrected chi connectivity index (χ3v) is 3.26. The molecule has 0 atom stereocenters. The van der Waals surface area contributed by atoms with Crippen LogP contribution in [0.15, 0.2) is 11.6 Å². The topological polar surface area (TPSA) is 26.3 Å². The van der Waals surface area contributed by atoms with Crippen LogP contribution >= 0.6 is 0 Å². The monoisotopic (exact) mass is 184 g/mol. The Morgan fingerprint density at radius 2 is 2.17 bits per heavy atom. The molecule has 1 saturated heterocycles. The summed E-state index contributed by atoms with van der Waals surface area (Å²) >= 11 is 0. The van der Waals surface area contributed by atoms with Crippen LogP contribution in [0.25, 0.3) is 0 Å². The summed E-state index contributed by atoms with van der Waals surface area (Å²) < 4.78 is 4.84. The van der Waals surface area contributed by atoms with E-state index in [9.17, 15) is 4.79 Å². The maximum Gasteiger partial charge on any atom is 0.333 e. The zero-order valence-corrected chi connectivity index (χ0v) is 9.02. The predicted octanol–water partition coefficient (Wildman–Crippen LogP) is 2.20. The summed E-state index contributed by atoms with van der Waals surface area (Å²) in [5.74, 6) is -0.103. The second kappa shape index (κ2) is 3.43.